The fourth-order valence-corrected chi connectivity index (χ4v) is 2.33. The number of halogens is 1. The Bertz CT molecular complexity index is 776. The molecule has 0 saturated heterocycles. The number of anilines is 1. The highest BCUT2D eigenvalue weighted by Gasteiger charge is 2.06. The summed E-state index contributed by atoms with van der Waals surface area (Å²) in [5.41, 5.74) is 8.11. The lowest BCUT2D eigenvalue weighted by atomic mass is 10.1. The van der Waals surface area contributed by atoms with E-state index in [1.807, 2.05) is 32.0 Å². The van der Waals surface area contributed by atoms with Gasteiger partial charge in [0, 0.05) is 5.69 Å². The Labute approximate surface area is 151 Å². The molecule has 0 unspecified atom stereocenters. The number of hydrazine groups is 1. The summed E-state index contributed by atoms with van der Waals surface area (Å²) in [4.78, 5) is 11.8. The van der Waals surface area contributed by atoms with Gasteiger partial charge in [-0.15, -0.1) is 0 Å². The molecule has 5 nitrogen and oxygen atoms in total. The lowest BCUT2D eigenvalue weighted by molar-refractivity contribution is -0.123. The van der Waals surface area contributed by atoms with E-state index in [1.54, 1.807) is 19.1 Å². The number of rotatable bonds is 4. The summed E-state index contributed by atoms with van der Waals surface area (Å²) in [6.45, 7) is 5.43. The summed E-state index contributed by atoms with van der Waals surface area (Å²) in [6.07, 6.45) is 0. The monoisotopic (exact) mass is 361 g/mol. The van der Waals surface area contributed by atoms with E-state index in [1.165, 1.54) is 6.07 Å². The normalized spacial score (nSPS) is 10.1. The highest BCUT2D eigenvalue weighted by molar-refractivity contribution is 7.80. The molecular weight excluding hydrogens is 341 g/mol. The molecule has 3 N–H and O–H groups in total. The Morgan fingerprint density at radius 3 is 2.40 bits per heavy atom. The zero-order valence-corrected chi connectivity index (χ0v) is 15.1. The highest BCUT2D eigenvalue weighted by Crippen LogP contribution is 2.16. The molecule has 25 heavy (non-hydrogen) atoms. The quantitative estimate of drug-likeness (QED) is 0.577. The van der Waals surface area contributed by atoms with Gasteiger partial charge in [-0.05, 0) is 73.9 Å². The number of ether oxygens (including phenoxy) is 1. The molecule has 0 heterocycles. The molecule has 0 aliphatic carbocycles. The van der Waals surface area contributed by atoms with Gasteiger partial charge < -0.3 is 10.1 Å². The van der Waals surface area contributed by atoms with Crippen LogP contribution in [0.2, 0.25) is 0 Å². The zero-order chi connectivity index (χ0) is 18.4. The Kier molecular flexibility index (Phi) is 6.30. The van der Waals surface area contributed by atoms with Crippen molar-refractivity contribution in [1.29, 1.82) is 0 Å². The largest absolute Gasteiger partial charge is 0.484 e. The van der Waals surface area contributed by atoms with Crippen molar-refractivity contribution in [2.75, 3.05) is 11.9 Å². The number of carbonyl (C=O) groups excluding carboxylic acids is 1. The number of carbonyl (C=O) groups is 1. The molecule has 0 atom stereocenters. The summed E-state index contributed by atoms with van der Waals surface area (Å²) in [6, 6.07) is 10.4. The average Bonchev–Trinajstić information content (AvgIpc) is 2.53. The second kappa shape index (κ2) is 8.43. The van der Waals surface area contributed by atoms with Crippen molar-refractivity contribution in [3.8, 4) is 5.75 Å². The maximum absolute atomic E-state index is 13.5. The minimum atomic E-state index is -0.390. The van der Waals surface area contributed by atoms with Crippen LogP contribution in [-0.2, 0) is 4.79 Å². The van der Waals surface area contributed by atoms with Crippen LogP contribution in [0.3, 0.4) is 0 Å². The first-order valence-electron chi connectivity index (χ1n) is 7.66. The number of hydrogen-bond donors (Lipinski definition) is 3. The van der Waals surface area contributed by atoms with Crippen molar-refractivity contribution < 1.29 is 13.9 Å². The molecule has 0 aliphatic rings. The lowest BCUT2D eigenvalue weighted by Gasteiger charge is -2.13. The summed E-state index contributed by atoms with van der Waals surface area (Å²) in [7, 11) is 0. The first-order valence-corrected chi connectivity index (χ1v) is 8.07. The molecule has 0 aromatic heterocycles. The maximum atomic E-state index is 13.5. The van der Waals surface area contributed by atoms with Crippen molar-refractivity contribution >= 4 is 28.9 Å². The van der Waals surface area contributed by atoms with E-state index in [-0.39, 0.29) is 17.5 Å². The molecular formula is C18H20FN3O2S. The number of amides is 1. The van der Waals surface area contributed by atoms with Gasteiger partial charge in [-0.25, -0.2) is 4.39 Å². The van der Waals surface area contributed by atoms with Crippen LogP contribution in [0.5, 0.6) is 5.75 Å². The summed E-state index contributed by atoms with van der Waals surface area (Å²) >= 11 is 5.04. The first-order chi connectivity index (χ1) is 11.8. The smallest absolute Gasteiger partial charge is 0.276 e. The molecule has 7 heteroatoms. The second-order valence-electron chi connectivity index (χ2n) is 5.70. The van der Waals surface area contributed by atoms with Crippen LogP contribution in [0.15, 0.2) is 36.4 Å². The van der Waals surface area contributed by atoms with Gasteiger partial charge in [0.1, 0.15) is 11.6 Å². The van der Waals surface area contributed by atoms with Crippen LogP contribution in [0.25, 0.3) is 0 Å². The van der Waals surface area contributed by atoms with E-state index in [4.69, 9.17) is 17.0 Å². The molecule has 2 rings (SSSR count). The number of benzene rings is 2. The van der Waals surface area contributed by atoms with Crippen molar-refractivity contribution in [1.82, 2.24) is 10.9 Å². The van der Waals surface area contributed by atoms with Crippen LogP contribution in [-0.4, -0.2) is 17.6 Å². The van der Waals surface area contributed by atoms with Crippen LogP contribution in [0.1, 0.15) is 16.7 Å². The maximum Gasteiger partial charge on any atom is 0.276 e. The van der Waals surface area contributed by atoms with Gasteiger partial charge in [0.05, 0.1) is 0 Å². The molecule has 0 aliphatic heterocycles. The molecule has 132 valence electrons. The standard InChI is InChI=1S/C18H20FN3O2S/c1-11-6-12(2)8-15(7-11)24-10-17(23)21-22-18(25)20-14-5-4-13(3)16(19)9-14/h4-9H,10H2,1-3H3,(H,21,23)(H2,20,22,25). The summed E-state index contributed by atoms with van der Waals surface area (Å²) < 4.78 is 18.9. The first kappa shape index (κ1) is 18.7. The molecule has 0 spiro atoms. The van der Waals surface area contributed by atoms with E-state index in [2.05, 4.69) is 16.2 Å². The topological polar surface area (TPSA) is 62.4 Å². The van der Waals surface area contributed by atoms with Gasteiger partial charge in [-0.1, -0.05) is 12.1 Å². The Hall–Kier alpha value is -2.67. The molecule has 0 fully saturated rings. The van der Waals surface area contributed by atoms with Gasteiger partial charge in [-0.3, -0.25) is 15.6 Å². The predicted molar refractivity (Wildman–Crippen MR) is 100 cm³/mol. The number of nitrogens with one attached hydrogen (secondary N) is 3. The Morgan fingerprint density at radius 2 is 1.76 bits per heavy atom. The van der Waals surface area contributed by atoms with Crippen molar-refractivity contribution in [3.63, 3.8) is 0 Å². The van der Waals surface area contributed by atoms with Gasteiger partial charge in [-0.2, -0.15) is 0 Å². The Morgan fingerprint density at radius 1 is 1.08 bits per heavy atom. The van der Waals surface area contributed by atoms with Crippen molar-refractivity contribution in [3.05, 3.63) is 58.9 Å². The third-order valence-corrected chi connectivity index (χ3v) is 3.51. The minimum Gasteiger partial charge on any atom is -0.484 e. The number of thiocarbonyl (C=S) groups is 1. The third-order valence-electron chi connectivity index (χ3n) is 3.31. The second-order valence-corrected chi connectivity index (χ2v) is 6.11. The zero-order valence-electron chi connectivity index (χ0n) is 14.3. The van der Waals surface area contributed by atoms with Gasteiger partial charge >= 0.3 is 0 Å². The van der Waals surface area contributed by atoms with Crippen molar-refractivity contribution in [2.24, 2.45) is 0 Å². The van der Waals surface area contributed by atoms with Crippen LogP contribution in [0.4, 0.5) is 10.1 Å². The summed E-state index contributed by atoms with van der Waals surface area (Å²) in [5.74, 6) is -0.0967. The lowest BCUT2D eigenvalue weighted by Crippen LogP contribution is -2.45. The fourth-order valence-electron chi connectivity index (χ4n) is 2.16. The Balaban J connectivity index is 1.77. The van der Waals surface area contributed by atoms with E-state index in [0.29, 0.717) is 17.0 Å². The van der Waals surface area contributed by atoms with Gasteiger partial charge in [0.15, 0.2) is 11.7 Å². The highest BCUT2D eigenvalue weighted by atomic mass is 32.1. The SMILES string of the molecule is Cc1cc(C)cc(OCC(=O)NNC(=S)Nc2ccc(C)c(F)c2)c1. The summed E-state index contributed by atoms with van der Waals surface area (Å²) in [5, 5.41) is 2.92. The molecule has 2 aromatic rings. The number of hydrogen-bond acceptors (Lipinski definition) is 3. The predicted octanol–water partition coefficient (Wildman–Crippen LogP) is 3.15. The minimum absolute atomic E-state index is 0.142. The van der Waals surface area contributed by atoms with Crippen LogP contribution >= 0.6 is 12.2 Å². The van der Waals surface area contributed by atoms with E-state index >= 15 is 0 Å². The van der Waals surface area contributed by atoms with Gasteiger partial charge in [0.2, 0.25) is 0 Å². The molecule has 0 bridgehead atoms. The fraction of sp³-hybridized carbons (Fsp3) is 0.222. The van der Waals surface area contributed by atoms with Gasteiger partial charge in [0.25, 0.3) is 5.91 Å². The van der Waals surface area contributed by atoms with E-state index in [0.717, 1.165) is 11.1 Å². The molecule has 0 saturated carbocycles. The average molecular weight is 361 g/mol. The third kappa shape index (κ3) is 6.04. The molecule has 0 radical (unpaired) electrons. The van der Waals surface area contributed by atoms with E-state index < -0.39 is 5.91 Å². The van der Waals surface area contributed by atoms with Crippen LogP contribution in [0, 0.1) is 26.6 Å². The van der Waals surface area contributed by atoms with Crippen molar-refractivity contribution in [2.45, 2.75) is 20.8 Å². The number of aryl methyl sites for hydroxylation is 3. The van der Waals surface area contributed by atoms with Crippen LogP contribution < -0.4 is 20.9 Å². The molecule has 2 aromatic carbocycles. The molecule has 1 amide bonds. The van der Waals surface area contributed by atoms with E-state index in [9.17, 15) is 9.18 Å².